The zero-order valence-corrected chi connectivity index (χ0v) is 16.2. The van der Waals surface area contributed by atoms with Gasteiger partial charge in [0.1, 0.15) is 17.7 Å². The Kier molecular flexibility index (Phi) is 10.1. The molecule has 0 spiro atoms. The number of terminal acetylenes is 1. The van der Waals surface area contributed by atoms with Crippen molar-refractivity contribution in [1.82, 2.24) is 10.2 Å². The van der Waals surface area contributed by atoms with E-state index in [1.807, 2.05) is 6.92 Å². The predicted molar refractivity (Wildman–Crippen MR) is 100.0 cm³/mol. The fourth-order valence-electron chi connectivity index (χ4n) is 2.39. The SMILES string of the molecule is C#C.CCSC[C@H](NC(=O)OC(C)(C)C)C(=O)N1CCC[C@H]1C(N)=O. The monoisotopic (exact) mass is 371 g/mol. The van der Waals surface area contributed by atoms with Crippen LogP contribution in [0.2, 0.25) is 0 Å². The normalized spacial score (nSPS) is 17.8. The number of carbonyl (C=O) groups is 3. The second-order valence-electron chi connectivity index (χ2n) is 6.45. The van der Waals surface area contributed by atoms with Crippen LogP contribution in [0, 0.1) is 12.8 Å². The lowest BCUT2D eigenvalue weighted by Gasteiger charge is -2.28. The molecule has 1 heterocycles. The van der Waals surface area contributed by atoms with Gasteiger partial charge in [-0.25, -0.2) is 4.79 Å². The van der Waals surface area contributed by atoms with E-state index in [4.69, 9.17) is 10.5 Å². The molecule has 0 aliphatic carbocycles. The Morgan fingerprint density at radius 3 is 2.44 bits per heavy atom. The number of nitrogens with zero attached hydrogens (tertiary/aromatic N) is 1. The van der Waals surface area contributed by atoms with E-state index >= 15 is 0 Å². The Bertz CT molecular complexity index is 488. The first-order chi connectivity index (χ1) is 11.7. The molecule has 0 unspecified atom stereocenters. The molecular weight excluding hydrogens is 342 g/mol. The molecule has 7 nitrogen and oxygen atoms in total. The molecular formula is C17H29N3O4S. The van der Waals surface area contributed by atoms with Crippen molar-refractivity contribution in [3.63, 3.8) is 0 Å². The Hall–Kier alpha value is -1.88. The average Bonchev–Trinajstić information content (AvgIpc) is 3.00. The summed E-state index contributed by atoms with van der Waals surface area (Å²) in [6.07, 6.45) is 8.67. The fourth-order valence-corrected chi connectivity index (χ4v) is 3.08. The quantitative estimate of drug-likeness (QED) is 0.687. The third-order valence-corrected chi connectivity index (χ3v) is 4.32. The first-order valence-electron chi connectivity index (χ1n) is 8.16. The maximum Gasteiger partial charge on any atom is 0.408 e. The lowest BCUT2D eigenvalue weighted by Crippen LogP contribution is -2.54. The zero-order chi connectivity index (χ0) is 19.6. The van der Waals surface area contributed by atoms with Crippen LogP contribution in [0.3, 0.4) is 0 Å². The smallest absolute Gasteiger partial charge is 0.408 e. The standard InChI is InChI=1S/C15H27N3O4S.C2H2/c1-5-23-9-10(17-14(21)22-15(2,3)4)13(20)18-8-6-7-11(18)12(16)19;1-2/h10-11H,5-9H2,1-4H3,(H2,16,19)(H,17,21);1-2H/t10-,11-;/m0./s1. The molecule has 142 valence electrons. The summed E-state index contributed by atoms with van der Waals surface area (Å²) in [4.78, 5) is 37.6. The highest BCUT2D eigenvalue weighted by Gasteiger charge is 2.37. The molecule has 3 N–H and O–H groups in total. The van der Waals surface area contributed by atoms with E-state index in [0.29, 0.717) is 18.7 Å². The highest BCUT2D eigenvalue weighted by molar-refractivity contribution is 7.99. The molecule has 2 atom stereocenters. The minimum Gasteiger partial charge on any atom is -0.444 e. The van der Waals surface area contributed by atoms with Gasteiger partial charge < -0.3 is 20.7 Å². The van der Waals surface area contributed by atoms with Crippen molar-refractivity contribution in [1.29, 1.82) is 0 Å². The largest absolute Gasteiger partial charge is 0.444 e. The highest BCUT2D eigenvalue weighted by atomic mass is 32.2. The Labute approximate surface area is 154 Å². The fraction of sp³-hybridized carbons (Fsp3) is 0.706. The van der Waals surface area contributed by atoms with E-state index in [1.165, 1.54) is 16.7 Å². The van der Waals surface area contributed by atoms with Gasteiger partial charge in [-0.1, -0.05) is 6.92 Å². The van der Waals surface area contributed by atoms with Crippen LogP contribution in [0.4, 0.5) is 4.79 Å². The molecule has 0 aromatic carbocycles. The highest BCUT2D eigenvalue weighted by Crippen LogP contribution is 2.19. The summed E-state index contributed by atoms with van der Waals surface area (Å²) in [5.74, 6) is 0.461. The first kappa shape index (κ1) is 23.1. The number of thioether (sulfide) groups is 1. The van der Waals surface area contributed by atoms with Crippen molar-refractivity contribution in [2.45, 2.75) is 58.2 Å². The summed E-state index contributed by atoms with van der Waals surface area (Å²) in [6, 6.07) is -1.31. The lowest BCUT2D eigenvalue weighted by atomic mass is 10.2. The summed E-state index contributed by atoms with van der Waals surface area (Å²) < 4.78 is 5.21. The van der Waals surface area contributed by atoms with E-state index in [-0.39, 0.29) is 5.91 Å². The number of ether oxygens (including phenoxy) is 1. The van der Waals surface area contributed by atoms with E-state index < -0.39 is 29.7 Å². The predicted octanol–water partition coefficient (Wildman–Crippen LogP) is 1.36. The van der Waals surface area contributed by atoms with Crippen LogP contribution >= 0.6 is 11.8 Å². The average molecular weight is 372 g/mol. The molecule has 8 heteroatoms. The van der Waals surface area contributed by atoms with Gasteiger partial charge in [0, 0.05) is 12.3 Å². The molecule has 0 radical (unpaired) electrons. The Morgan fingerprint density at radius 2 is 1.96 bits per heavy atom. The molecule has 1 saturated heterocycles. The topological polar surface area (TPSA) is 102 Å². The van der Waals surface area contributed by atoms with Gasteiger partial charge in [0.15, 0.2) is 0 Å². The minimum absolute atomic E-state index is 0.280. The van der Waals surface area contributed by atoms with Crippen LogP contribution in [-0.2, 0) is 14.3 Å². The van der Waals surface area contributed by atoms with E-state index in [1.54, 1.807) is 20.8 Å². The van der Waals surface area contributed by atoms with Crippen molar-refractivity contribution in [3.05, 3.63) is 0 Å². The maximum absolute atomic E-state index is 12.7. The number of hydrogen-bond donors (Lipinski definition) is 2. The molecule has 0 aromatic rings. The Morgan fingerprint density at radius 1 is 1.36 bits per heavy atom. The van der Waals surface area contributed by atoms with Gasteiger partial charge in [-0.05, 0) is 39.4 Å². The second-order valence-corrected chi connectivity index (χ2v) is 7.77. The molecule has 1 rings (SSSR count). The lowest BCUT2D eigenvalue weighted by molar-refractivity contribution is -0.138. The molecule has 1 aliphatic rings. The molecule has 25 heavy (non-hydrogen) atoms. The zero-order valence-electron chi connectivity index (χ0n) is 15.4. The van der Waals surface area contributed by atoms with Gasteiger partial charge in [-0.2, -0.15) is 11.8 Å². The number of hydrogen-bond acceptors (Lipinski definition) is 5. The number of primary amides is 1. The van der Waals surface area contributed by atoms with Gasteiger partial charge in [0.25, 0.3) is 0 Å². The van der Waals surface area contributed by atoms with Gasteiger partial charge in [-0.15, -0.1) is 12.8 Å². The van der Waals surface area contributed by atoms with Crippen LogP contribution in [-0.4, -0.2) is 58.5 Å². The van der Waals surface area contributed by atoms with Gasteiger partial charge in [0.05, 0.1) is 0 Å². The van der Waals surface area contributed by atoms with Crippen molar-refractivity contribution >= 4 is 29.7 Å². The van der Waals surface area contributed by atoms with Gasteiger partial charge in [0.2, 0.25) is 11.8 Å². The number of amides is 3. The number of nitrogens with one attached hydrogen (secondary N) is 1. The molecule has 1 aliphatic heterocycles. The number of rotatable bonds is 6. The number of likely N-dealkylation sites (tertiary alicyclic amines) is 1. The van der Waals surface area contributed by atoms with Crippen LogP contribution in [0.25, 0.3) is 0 Å². The minimum atomic E-state index is -0.727. The van der Waals surface area contributed by atoms with Crippen LogP contribution in [0.5, 0.6) is 0 Å². The summed E-state index contributed by atoms with van der Waals surface area (Å²) >= 11 is 1.54. The van der Waals surface area contributed by atoms with Crippen LogP contribution in [0.15, 0.2) is 0 Å². The number of nitrogens with two attached hydrogens (primary N) is 1. The molecule has 0 saturated carbocycles. The van der Waals surface area contributed by atoms with Gasteiger partial charge >= 0.3 is 6.09 Å². The molecule has 3 amide bonds. The van der Waals surface area contributed by atoms with E-state index in [2.05, 4.69) is 18.2 Å². The van der Waals surface area contributed by atoms with Crippen molar-refractivity contribution in [3.8, 4) is 12.8 Å². The maximum atomic E-state index is 12.7. The summed E-state index contributed by atoms with van der Waals surface area (Å²) in [5.41, 5.74) is 4.72. The summed E-state index contributed by atoms with van der Waals surface area (Å²) in [5, 5.41) is 2.62. The number of carbonyl (C=O) groups excluding carboxylic acids is 3. The van der Waals surface area contributed by atoms with Crippen molar-refractivity contribution < 1.29 is 19.1 Å². The van der Waals surface area contributed by atoms with Gasteiger partial charge in [-0.3, -0.25) is 9.59 Å². The number of alkyl carbamates (subject to hydrolysis) is 1. The van der Waals surface area contributed by atoms with Crippen molar-refractivity contribution in [2.24, 2.45) is 5.73 Å². The Balaban J connectivity index is 0.00000277. The summed E-state index contributed by atoms with van der Waals surface area (Å²) in [7, 11) is 0. The van der Waals surface area contributed by atoms with E-state index in [9.17, 15) is 14.4 Å². The van der Waals surface area contributed by atoms with E-state index in [0.717, 1.165) is 12.2 Å². The van der Waals surface area contributed by atoms with Crippen molar-refractivity contribution in [2.75, 3.05) is 18.1 Å². The summed E-state index contributed by atoms with van der Waals surface area (Å²) in [6.45, 7) is 7.73. The molecule has 0 bridgehead atoms. The van der Waals surface area contributed by atoms with Crippen LogP contribution in [0.1, 0.15) is 40.5 Å². The molecule has 1 fully saturated rings. The first-order valence-corrected chi connectivity index (χ1v) is 9.31. The van der Waals surface area contributed by atoms with Crippen LogP contribution < -0.4 is 11.1 Å². The molecule has 0 aromatic heterocycles. The third-order valence-electron chi connectivity index (χ3n) is 3.34. The third kappa shape index (κ3) is 8.16. The second kappa shape index (κ2) is 10.9.